The second-order valence-corrected chi connectivity index (χ2v) is 7.62. The van der Waals surface area contributed by atoms with Gasteiger partial charge in [0.2, 0.25) is 5.91 Å². The van der Waals surface area contributed by atoms with Crippen molar-refractivity contribution < 1.29 is 13.2 Å². The van der Waals surface area contributed by atoms with Crippen molar-refractivity contribution in [2.75, 3.05) is 25.9 Å². The van der Waals surface area contributed by atoms with Crippen molar-refractivity contribution in [1.82, 2.24) is 10.6 Å². The Balaban J connectivity index is 0.00000289. The third kappa shape index (κ3) is 5.12. The quantitative estimate of drug-likeness (QED) is 0.785. The van der Waals surface area contributed by atoms with Crippen LogP contribution in [0.1, 0.15) is 26.7 Å². The Labute approximate surface area is 115 Å². The maximum Gasteiger partial charge on any atom is 0.238 e. The summed E-state index contributed by atoms with van der Waals surface area (Å²) in [5.41, 5.74) is 0.0815. The molecule has 1 unspecified atom stereocenters. The molecule has 0 aromatic carbocycles. The van der Waals surface area contributed by atoms with E-state index in [1.54, 1.807) is 0 Å². The Morgan fingerprint density at radius 2 is 1.89 bits per heavy atom. The van der Waals surface area contributed by atoms with E-state index in [-0.39, 0.29) is 17.8 Å². The van der Waals surface area contributed by atoms with E-state index in [2.05, 4.69) is 17.6 Å². The Kier molecular flexibility index (Phi) is 6.60. The monoisotopic (exact) mass is 298 g/mol. The smallest absolute Gasteiger partial charge is 0.238 e. The first-order valence-electron chi connectivity index (χ1n) is 5.92. The van der Waals surface area contributed by atoms with Gasteiger partial charge >= 0.3 is 0 Å². The average molecular weight is 299 g/mol. The normalized spacial score (nSPS) is 20.6. The van der Waals surface area contributed by atoms with Crippen LogP contribution in [0.3, 0.4) is 0 Å². The van der Waals surface area contributed by atoms with E-state index in [0.29, 0.717) is 6.54 Å². The first kappa shape index (κ1) is 17.7. The van der Waals surface area contributed by atoms with E-state index in [1.807, 2.05) is 0 Å². The van der Waals surface area contributed by atoms with Crippen LogP contribution in [-0.2, 0) is 14.6 Å². The fourth-order valence-electron chi connectivity index (χ4n) is 1.85. The Morgan fingerprint density at radius 1 is 1.39 bits per heavy atom. The zero-order chi connectivity index (χ0) is 13.1. The molecule has 7 heteroatoms. The predicted octanol–water partition coefficient (Wildman–Crippen LogP) is 0.347. The third-order valence-corrected chi connectivity index (χ3v) is 5.01. The van der Waals surface area contributed by atoms with Crippen molar-refractivity contribution in [3.63, 3.8) is 0 Å². The van der Waals surface area contributed by atoms with E-state index in [0.717, 1.165) is 32.2 Å². The molecule has 2 N–H and O–H groups in total. The van der Waals surface area contributed by atoms with E-state index in [1.165, 1.54) is 6.92 Å². The predicted molar refractivity (Wildman–Crippen MR) is 74.8 cm³/mol. The fourth-order valence-corrected chi connectivity index (χ4v) is 2.32. The number of nitrogens with one attached hydrogen (secondary N) is 2. The molecule has 0 aromatic heterocycles. The third-order valence-electron chi connectivity index (χ3n) is 3.51. The molecule has 1 heterocycles. The molecular formula is C11H23ClN2O3S. The highest BCUT2D eigenvalue weighted by Gasteiger charge is 2.29. The lowest BCUT2D eigenvalue weighted by Crippen LogP contribution is -2.46. The van der Waals surface area contributed by atoms with Crippen LogP contribution in [0.15, 0.2) is 0 Å². The number of rotatable bonds is 4. The largest absolute Gasteiger partial charge is 0.354 e. The number of carbonyl (C=O) groups is 1. The van der Waals surface area contributed by atoms with Crippen LogP contribution >= 0.6 is 12.4 Å². The molecule has 5 nitrogen and oxygen atoms in total. The van der Waals surface area contributed by atoms with Gasteiger partial charge in [-0.05, 0) is 38.3 Å². The van der Waals surface area contributed by atoms with Gasteiger partial charge in [0.25, 0.3) is 0 Å². The van der Waals surface area contributed by atoms with Crippen LogP contribution in [0, 0.1) is 5.41 Å². The van der Waals surface area contributed by atoms with Crippen molar-refractivity contribution in [3.8, 4) is 0 Å². The standard InChI is InChI=1S/C11H22N2O3S.ClH/c1-9(17(3,15)16)10(14)13-8-11(2)4-6-12-7-5-11;/h9,12H,4-8H2,1-3H3,(H,13,14);1H. The first-order valence-corrected chi connectivity index (χ1v) is 7.87. The van der Waals surface area contributed by atoms with Gasteiger partial charge in [-0.2, -0.15) is 0 Å². The molecule has 18 heavy (non-hydrogen) atoms. The summed E-state index contributed by atoms with van der Waals surface area (Å²) in [6.07, 6.45) is 3.09. The van der Waals surface area contributed by atoms with Crippen LogP contribution < -0.4 is 10.6 Å². The first-order chi connectivity index (χ1) is 7.75. The van der Waals surface area contributed by atoms with Gasteiger partial charge in [0, 0.05) is 12.8 Å². The minimum atomic E-state index is -3.30. The molecular weight excluding hydrogens is 276 g/mol. The highest BCUT2D eigenvalue weighted by Crippen LogP contribution is 2.26. The molecule has 1 saturated heterocycles. The SMILES string of the molecule is CC(C(=O)NCC1(C)CCNCC1)S(C)(=O)=O.Cl. The van der Waals surface area contributed by atoms with Crippen molar-refractivity contribution in [3.05, 3.63) is 0 Å². The average Bonchev–Trinajstić information content (AvgIpc) is 2.25. The Bertz CT molecular complexity index is 378. The number of piperidine rings is 1. The Hall–Kier alpha value is -0.330. The van der Waals surface area contributed by atoms with Gasteiger partial charge in [0.05, 0.1) is 0 Å². The summed E-state index contributed by atoms with van der Waals surface area (Å²) in [6.45, 7) is 6.00. The van der Waals surface area contributed by atoms with Crippen LogP contribution in [-0.4, -0.2) is 45.5 Å². The molecule has 0 bridgehead atoms. The van der Waals surface area contributed by atoms with Crippen molar-refractivity contribution in [2.45, 2.75) is 31.9 Å². The summed E-state index contributed by atoms with van der Waals surface area (Å²) in [4.78, 5) is 11.7. The molecule has 108 valence electrons. The second-order valence-electron chi connectivity index (χ2n) is 5.25. The topological polar surface area (TPSA) is 75.3 Å². The lowest BCUT2D eigenvalue weighted by molar-refractivity contribution is -0.121. The molecule has 1 aliphatic rings. The maximum atomic E-state index is 11.7. The number of carbonyl (C=O) groups excluding carboxylic acids is 1. The lowest BCUT2D eigenvalue weighted by atomic mass is 9.81. The zero-order valence-electron chi connectivity index (χ0n) is 11.2. The minimum Gasteiger partial charge on any atom is -0.354 e. The van der Waals surface area contributed by atoms with Crippen LogP contribution in [0.4, 0.5) is 0 Å². The number of sulfone groups is 1. The van der Waals surface area contributed by atoms with E-state index < -0.39 is 21.0 Å². The molecule has 1 atom stereocenters. The summed E-state index contributed by atoms with van der Waals surface area (Å²) in [5, 5.41) is 5.05. The van der Waals surface area contributed by atoms with Gasteiger partial charge in [-0.25, -0.2) is 8.42 Å². The summed E-state index contributed by atoms with van der Waals surface area (Å²) in [5.74, 6) is -0.396. The molecule has 1 aliphatic heterocycles. The number of hydrogen-bond donors (Lipinski definition) is 2. The molecule has 1 rings (SSSR count). The van der Waals surface area contributed by atoms with Crippen molar-refractivity contribution >= 4 is 28.2 Å². The van der Waals surface area contributed by atoms with Crippen molar-refractivity contribution in [2.24, 2.45) is 5.41 Å². The van der Waals surface area contributed by atoms with Crippen molar-refractivity contribution in [1.29, 1.82) is 0 Å². The van der Waals surface area contributed by atoms with E-state index in [4.69, 9.17) is 0 Å². The summed E-state index contributed by atoms with van der Waals surface area (Å²) >= 11 is 0. The summed E-state index contributed by atoms with van der Waals surface area (Å²) < 4.78 is 22.5. The van der Waals surface area contributed by atoms with Crippen LogP contribution in [0.2, 0.25) is 0 Å². The van der Waals surface area contributed by atoms with Gasteiger partial charge in [-0.3, -0.25) is 4.79 Å². The summed E-state index contributed by atoms with van der Waals surface area (Å²) in [6, 6.07) is 0. The van der Waals surface area contributed by atoms with Crippen LogP contribution in [0.5, 0.6) is 0 Å². The second kappa shape index (κ2) is 6.73. The van der Waals surface area contributed by atoms with Gasteiger partial charge in [0.1, 0.15) is 5.25 Å². The fraction of sp³-hybridized carbons (Fsp3) is 0.909. The van der Waals surface area contributed by atoms with Crippen LogP contribution in [0.25, 0.3) is 0 Å². The zero-order valence-corrected chi connectivity index (χ0v) is 12.8. The minimum absolute atomic E-state index is 0. The molecule has 1 amide bonds. The highest BCUT2D eigenvalue weighted by atomic mass is 35.5. The summed E-state index contributed by atoms with van der Waals surface area (Å²) in [7, 11) is -3.30. The lowest BCUT2D eigenvalue weighted by Gasteiger charge is -2.34. The number of amides is 1. The maximum absolute atomic E-state index is 11.7. The molecule has 0 aromatic rings. The number of hydrogen-bond acceptors (Lipinski definition) is 4. The number of halogens is 1. The van der Waals surface area contributed by atoms with Gasteiger partial charge in [0.15, 0.2) is 9.84 Å². The van der Waals surface area contributed by atoms with Gasteiger partial charge in [-0.15, -0.1) is 12.4 Å². The van der Waals surface area contributed by atoms with Gasteiger partial charge < -0.3 is 10.6 Å². The molecule has 0 radical (unpaired) electrons. The molecule has 0 aliphatic carbocycles. The molecule has 0 spiro atoms. The highest BCUT2D eigenvalue weighted by molar-refractivity contribution is 7.92. The van der Waals surface area contributed by atoms with E-state index >= 15 is 0 Å². The van der Waals surface area contributed by atoms with Gasteiger partial charge in [-0.1, -0.05) is 6.92 Å². The Morgan fingerprint density at radius 3 is 2.33 bits per heavy atom. The molecule has 1 fully saturated rings. The van der Waals surface area contributed by atoms with E-state index in [9.17, 15) is 13.2 Å². The molecule has 0 saturated carbocycles.